The Morgan fingerprint density at radius 3 is 2.55 bits per heavy atom. The maximum Gasteiger partial charge on any atom is 0.339 e. The van der Waals surface area contributed by atoms with Crippen LogP contribution in [-0.4, -0.2) is 36.9 Å². The van der Waals surface area contributed by atoms with Crippen molar-refractivity contribution in [1.82, 2.24) is 0 Å². The summed E-state index contributed by atoms with van der Waals surface area (Å²) in [6, 6.07) is 25.0. The fraction of sp³-hybridized carbons (Fsp3) is 0.259. The predicted octanol–water partition coefficient (Wildman–Crippen LogP) is 5.34. The van der Waals surface area contributed by atoms with Crippen molar-refractivity contribution in [1.29, 1.82) is 0 Å². The fourth-order valence-electron chi connectivity index (χ4n) is 3.73. The molecule has 1 fully saturated rings. The molecule has 0 bridgehead atoms. The van der Waals surface area contributed by atoms with E-state index in [1.807, 2.05) is 54.6 Å². The molecule has 33 heavy (non-hydrogen) atoms. The third-order valence-electron chi connectivity index (χ3n) is 5.42. The third-order valence-corrected chi connectivity index (χ3v) is 6.62. The highest BCUT2D eigenvalue weighted by atomic mass is 32.2. The first-order chi connectivity index (χ1) is 16.2. The number of hydrogen-bond donors (Lipinski definition) is 1. The number of carbonyl (C=O) groups excluding carboxylic acids is 2. The second-order valence-electron chi connectivity index (χ2n) is 7.89. The first kappa shape index (κ1) is 23.1. The Morgan fingerprint density at radius 1 is 0.970 bits per heavy atom. The number of esters is 1. The number of amides is 1. The van der Waals surface area contributed by atoms with Crippen molar-refractivity contribution >= 4 is 29.3 Å². The van der Waals surface area contributed by atoms with Crippen LogP contribution in [0.5, 0.6) is 0 Å². The molecule has 1 aliphatic rings. The van der Waals surface area contributed by atoms with Gasteiger partial charge < -0.3 is 14.8 Å². The van der Waals surface area contributed by atoms with E-state index in [1.54, 1.807) is 23.9 Å². The molecule has 1 unspecified atom stereocenters. The maximum atomic E-state index is 12.7. The molecular formula is C27H27NO4S. The number of thioether (sulfide) groups is 1. The van der Waals surface area contributed by atoms with Gasteiger partial charge in [-0.3, -0.25) is 4.79 Å². The largest absolute Gasteiger partial charge is 0.452 e. The van der Waals surface area contributed by atoms with E-state index in [2.05, 4.69) is 17.4 Å². The maximum absolute atomic E-state index is 12.7. The van der Waals surface area contributed by atoms with E-state index >= 15 is 0 Å². The number of rotatable bonds is 9. The van der Waals surface area contributed by atoms with E-state index in [4.69, 9.17) is 9.47 Å². The molecule has 1 atom stereocenters. The summed E-state index contributed by atoms with van der Waals surface area (Å²) < 4.78 is 11.0. The average Bonchev–Trinajstić information content (AvgIpc) is 3.37. The molecule has 1 saturated heterocycles. The Balaban J connectivity index is 1.33. The standard InChI is InChI=1S/C27H27NO4S/c29-26(28-24-14-6-4-11-21(24)17-20-9-2-1-3-10-20)18-32-27(30)23-13-5-7-15-25(23)33-19-22-12-8-16-31-22/h1-7,9-11,13-15,22H,8,12,16-19H2,(H,28,29). The van der Waals surface area contributed by atoms with E-state index in [0.29, 0.717) is 12.0 Å². The molecule has 0 aliphatic carbocycles. The van der Waals surface area contributed by atoms with Crippen LogP contribution >= 0.6 is 11.8 Å². The second-order valence-corrected chi connectivity index (χ2v) is 8.95. The monoisotopic (exact) mass is 461 g/mol. The van der Waals surface area contributed by atoms with Crippen molar-refractivity contribution < 1.29 is 19.1 Å². The molecule has 5 nitrogen and oxygen atoms in total. The fourth-order valence-corrected chi connectivity index (χ4v) is 4.84. The van der Waals surface area contributed by atoms with E-state index in [0.717, 1.165) is 46.9 Å². The zero-order valence-electron chi connectivity index (χ0n) is 18.4. The smallest absolute Gasteiger partial charge is 0.339 e. The first-order valence-corrected chi connectivity index (χ1v) is 12.1. The molecule has 1 amide bonds. The van der Waals surface area contributed by atoms with E-state index in [1.165, 1.54) is 0 Å². The number of carbonyl (C=O) groups is 2. The van der Waals surface area contributed by atoms with Crippen LogP contribution in [0, 0.1) is 0 Å². The average molecular weight is 462 g/mol. The zero-order valence-corrected chi connectivity index (χ0v) is 19.2. The van der Waals surface area contributed by atoms with Gasteiger partial charge in [-0.25, -0.2) is 4.79 Å². The highest BCUT2D eigenvalue weighted by Gasteiger charge is 2.19. The minimum Gasteiger partial charge on any atom is -0.452 e. The first-order valence-electron chi connectivity index (χ1n) is 11.1. The minimum atomic E-state index is -0.502. The SMILES string of the molecule is O=C(COC(=O)c1ccccc1SCC1CCCO1)Nc1ccccc1Cc1ccccc1. The van der Waals surface area contributed by atoms with Gasteiger partial charge in [0.15, 0.2) is 6.61 Å². The van der Waals surface area contributed by atoms with Crippen LogP contribution in [0.25, 0.3) is 0 Å². The summed E-state index contributed by atoms with van der Waals surface area (Å²) in [4.78, 5) is 26.0. The lowest BCUT2D eigenvalue weighted by atomic mass is 10.0. The third kappa shape index (κ3) is 6.70. The van der Waals surface area contributed by atoms with Crippen molar-refractivity contribution in [3.05, 3.63) is 95.6 Å². The van der Waals surface area contributed by atoms with Crippen LogP contribution in [0.3, 0.4) is 0 Å². The molecule has 1 aliphatic heterocycles. The van der Waals surface area contributed by atoms with Gasteiger partial charge in [-0.2, -0.15) is 0 Å². The molecule has 4 rings (SSSR count). The van der Waals surface area contributed by atoms with Crippen LogP contribution in [0.15, 0.2) is 83.8 Å². The molecule has 0 aromatic heterocycles. The summed E-state index contributed by atoms with van der Waals surface area (Å²) in [6.45, 7) is 0.460. The lowest BCUT2D eigenvalue weighted by Crippen LogP contribution is -2.22. The number of para-hydroxylation sites is 1. The van der Waals surface area contributed by atoms with Crippen LogP contribution in [0.4, 0.5) is 5.69 Å². The quantitative estimate of drug-likeness (QED) is 0.344. The zero-order chi connectivity index (χ0) is 22.9. The summed E-state index contributed by atoms with van der Waals surface area (Å²) >= 11 is 1.59. The van der Waals surface area contributed by atoms with E-state index < -0.39 is 5.97 Å². The Morgan fingerprint density at radius 2 is 1.73 bits per heavy atom. The lowest BCUT2D eigenvalue weighted by Gasteiger charge is -2.13. The van der Waals surface area contributed by atoms with Gasteiger partial charge in [-0.15, -0.1) is 11.8 Å². The number of nitrogens with one attached hydrogen (secondary N) is 1. The number of benzene rings is 3. The Kier molecular flexibility index (Phi) is 8.17. The van der Waals surface area contributed by atoms with Crippen molar-refractivity contribution in [2.24, 2.45) is 0 Å². The van der Waals surface area contributed by atoms with Gasteiger partial charge in [0, 0.05) is 22.9 Å². The lowest BCUT2D eigenvalue weighted by molar-refractivity contribution is -0.119. The summed E-state index contributed by atoms with van der Waals surface area (Å²) in [6.07, 6.45) is 3.05. The summed E-state index contributed by atoms with van der Waals surface area (Å²) in [5, 5.41) is 2.88. The van der Waals surface area contributed by atoms with E-state index in [9.17, 15) is 9.59 Å². The topological polar surface area (TPSA) is 64.6 Å². The van der Waals surface area contributed by atoms with Gasteiger partial charge in [0.25, 0.3) is 5.91 Å². The molecule has 3 aromatic carbocycles. The molecule has 1 N–H and O–H groups in total. The van der Waals surface area contributed by atoms with Crippen molar-refractivity contribution in [3.63, 3.8) is 0 Å². The molecule has 3 aromatic rings. The molecular weight excluding hydrogens is 434 g/mol. The Labute approximate surface area is 198 Å². The van der Waals surface area contributed by atoms with Crippen molar-refractivity contribution in [2.45, 2.75) is 30.3 Å². The van der Waals surface area contributed by atoms with Crippen molar-refractivity contribution in [3.8, 4) is 0 Å². The summed E-state index contributed by atoms with van der Waals surface area (Å²) in [7, 11) is 0. The number of hydrogen-bond acceptors (Lipinski definition) is 5. The number of ether oxygens (including phenoxy) is 2. The molecule has 0 saturated carbocycles. The highest BCUT2D eigenvalue weighted by Crippen LogP contribution is 2.27. The molecule has 1 heterocycles. The summed E-state index contributed by atoms with van der Waals surface area (Å²) in [5.74, 6) is -0.0743. The number of anilines is 1. The van der Waals surface area contributed by atoms with Crippen LogP contribution in [0.1, 0.15) is 34.3 Å². The van der Waals surface area contributed by atoms with Gasteiger partial charge >= 0.3 is 5.97 Å². The van der Waals surface area contributed by atoms with Crippen LogP contribution < -0.4 is 5.32 Å². The summed E-state index contributed by atoms with van der Waals surface area (Å²) in [5.41, 5.74) is 3.34. The van der Waals surface area contributed by atoms with Gasteiger partial charge in [0.05, 0.1) is 11.7 Å². The van der Waals surface area contributed by atoms with Gasteiger partial charge in [0.2, 0.25) is 0 Å². The minimum absolute atomic E-state index is 0.223. The van der Waals surface area contributed by atoms with E-state index in [-0.39, 0.29) is 18.6 Å². The molecule has 6 heteroatoms. The van der Waals surface area contributed by atoms with Gasteiger partial charge in [0.1, 0.15) is 0 Å². The van der Waals surface area contributed by atoms with Crippen LogP contribution in [0.2, 0.25) is 0 Å². The molecule has 0 spiro atoms. The van der Waals surface area contributed by atoms with Crippen molar-refractivity contribution in [2.75, 3.05) is 24.3 Å². The Bertz CT molecular complexity index is 1080. The van der Waals surface area contributed by atoms with Gasteiger partial charge in [-0.1, -0.05) is 60.7 Å². The molecule has 170 valence electrons. The second kappa shape index (κ2) is 11.7. The normalized spacial score (nSPS) is 15.2. The van der Waals surface area contributed by atoms with Gasteiger partial charge in [-0.05, 0) is 48.6 Å². The Hall–Kier alpha value is -3.09. The highest BCUT2D eigenvalue weighted by molar-refractivity contribution is 7.99. The van der Waals surface area contributed by atoms with Crippen LogP contribution in [-0.2, 0) is 20.7 Å². The predicted molar refractivity (Wildman–Crippen MR) is 131 cm³/mol. The molecule has 0 radical (unpaired) electrons.